The van der Waals surface area contributed by atoms with E-state index in [9.17, 15) is 0 Å². The Kier molecular flexibility index (Phi) is 6.82. The molecule has 1 N–H and O–H groups in total. The average molecular weight is 279 g/mol. The van der Waals surface area contributed by atoms with Gasteiger partial charge in [-0.1, -0.05) is 6.07 Å². The molecular formula is C16H29N3O. The zero-order valence-electron chi connectivity index (χ0n) is 13.7. The first-order valence-corrected chi connectivity index (χ1v) is 7.22. The predicted octanol–water partition coefficient (Wildman–Crippen LogP) is 2.19. The Morgan fingerprint density at radius 1 is 1.15 bits per heavy atom. The molecule has 0 aromatic heterocycles. The van der Waals surface area contributed by atoms with Gasteiger partial charge in [0.25, 0.3) is 0 Å². The molecule has 0 saturated heterocycles. The predicted molar refractivity (Wildman–Crippen MR) is 86.8 cm³/mol. The summed E-state index contributed by atoms with van der Waals surface area (Å²) in [6, 6.07) is 6.42. The van der Waals surface area contributed by atoms with Crippen LogP contribution in [0.2, 0.25) is 0 Å². The van der Waals surface area contributed by atoms with Crippen molar-refractivity contribution < 1.29 is 4.74 Å². The highest BCUT2D eigenvalue weighted by atomic mass is 16.5. The van der Waals surface area contributed by atoms with Crippen molar-refractivity contribution in [2.45, 2.75) is 26.5 Å². The molecule has 0 heterocycles. The van der Waals surface area contributed by atoms with Crippen molar-refractivity contribution in [3.05, 3.63) is 23.8 Å². The van der Waals surface area contributed by atoms with E-state index in [0.717, 1.165) is 31.1 Å². The van der Waals surface area contributed by atoms with Gasteiger partial charge in [-0.2, -0.15) is 0 Å². The van der Waals surface area contributed by atoms with Crippen molar-refractivity contribution >= 4 is 5.69 Å². The highest BCUT2D eigenvalue weighted by molar-refractivity contribution is 5.59. The molecule has 1 aromatic rings. The first-order valence-electron chi connectivity index (χ1n) is 7.22. The molecule has 4 heteroatoms. The molecule has 0 unspecified atom stereocenters. The molecule has 0 aliphatic carbocycles. The van der Waals surface area contributed by atoms with Gasteiger partial charge in [-0.3, -0.25) is 0 Å². The van der Waals surface area contributed by atoms with Gasteiger partial charge in [0.05, 0.1) is 11.8 Å². The molecule has 20 heavy (non-hydrogen) atoms. The summed E-state index contributed by atoms with van der Waals surface area (Å²) in [5, 5.41) is 3.45. The number of likely N-dealkylation sites (N-methyl/N-ethyl adjacent to an activating group) is 1. The van der Waals surface area contributed by atoms with Crippen LogP contribution in [0.5, 0.6) is 5.75 Å². The summed E-state index contributed by atoms with van der Waals surface area (Å²) in [4.78, 5) is 4.26. The molecule has 0 atom stereocenters. The first-order chi connectivity index (χ1) is 9.40. The lowest BCUT2D eigenvalue weighted by Gasteiger charge is -2.20. The molecule has 1 rings (SSSR count). The zero-order valence-corrected chi connectivity index (χ0v) is 13.7. The lowest BCUT2D eigenvalue weighted by atomic mass is 10.1. The second kappa shape index (κ2) is 8.12. The highest BCUT2D eigenvalue weighted by Gasteiger charge is 2.08. The highest BCUT2D eigenvalue weighted by Crippen LogP contribution is 2.29. The minimum atomic E-state index is 0.186. The van der Waals surface area contributed by atoms with Crippen molar-refractivity contribution in [2.75, 3.05) is 46.2 Å². The summed E-state index contributed by atoms with van der Waals surface area (Å²) < 4.78 is 5.91. The Labute approximate surface area is 123 Å². The van der Waals surface area contributed by atoms with Crippen LogP contribution in [0.15, 0.2) is 18.2 Å². The van der Waals surface area contributed by atoms with Crippen LogP contribution in [0.25, 0.3) is 0 Å². The molecular weight excluding hydrogens is 250 g/mol. The van der Waals surface area contributed by atoms with Gasteiger partial charge >= 0.3 is 0 Å². The molecule has 0 aliphatic heterocycles. The van der Waals surface area contributed by atoms with E-state index in [4.69, 9.17) is 4.74 Å². The van der Waals surface area contributed by atoms with Gasteiger partial charge < -0.3 is 19.9 Å². The van der Waals surface area contributed by atoms with Crippen LogP contribution >= 0.6 is 0 Å². The van der Waals surface area contributed by atoms with Crippen LogP contribution in [-0.2, 0) is 6.54 Å². The quantitative estimate of drug-likeness (QED) is 0.738. The van der Waals surface area contributed by atoms with E-state index in [1.165, 1.54) is 5.56 Å². The maximum Gasteiger partial charge on any atom is 0.143 e. The normalized spacial score (nSPS) is 11.2. The van der Waals surface area contributed by atoms with Gasteiger partial charge in [-0.15, -0.1) is 0 Å². The van der Waals surface area contributed by atoms with E-state index in [-0.39, 0.29) is 6.10 Å². The van der Waals surface area contributed by atoms with Gasteiger partial charge in [0.2, 0.25) is 0 Å². The molecule has 0 bridgehead atoms. The minimum Gasteiger partial charge on any atom is -0.489 e. The Bertz CT molecular complexity index is 403. The monoisotopic (exact) mass is 279 g/mol. The number of rotatable bonds is 8. The lowest BCUT2D eigenvalue weighted by Crippen LogP contribution is -2.26. The molecule has 4 nitrogen and oxygen atoms in total. The number of benzene rings is 1. The summed E-state index contributed by atoms with van der Waals surface area (Å²) in [7, 11) is 8.25. The Morgan fingerprint density at radius 2 is 1.85 bits per heavy atom. The third-order valence-corrected chi connectivity index (χ3v) is 2.93. The van der Waals surface area contributed by atoms with Crippen LogP contribution in [0, 0.1) is 0 Å². The van der Waals surface area contributed by atoms with Crippen molar-refractivity contribution in [1.29, 1.82) is 0 Å². The van der Waals surface area contributed by atoms with Gasteiger partial charge in [0.1, 0.15) is 5.75 Å². The molecule has 0 saturated carbocycles. The second-order valence-corrected chi connectivity index (χ2v) is 5.84. The summed E-state index contributed by atoms with van der Waals surface area (Å²) in [6.45, 7) is 7.02. The van der Waals surface area contributed by atoms with Crippen LogP contribution in [0.3, 0.4) is 0 Å². The SMILES string of the molecule is CC(C)Oc1cc(CNCCN(C)C)ccc1N(C)C. The van der Waals surface area contributed by atoms with Gasteiger partial charge in [-0.25, -0.2) is 0 Å². The zero-order chi connectivity index (χ0) is 15.1. The largest absolute Gasteiger partial charge is 0.489 e. The Hall–Kier alpha value is -1.26. The molecule has 0 fully saturated rings. The Balaban J connectivity index is 2.68. The lowest BCUT2D eigenvalue weighted by molar-refractivity contribution is 0.243. The number of ether oxygens (including phenoxy) is 1. The molecule has 0 spiro atoms. The van der Waals surface area contributed by atoms with Gasteiger partial charge in [-0.05, 0) is 45.6 Å². The van der Waals surface area contributed by atoms with E-state index in [2.05, 4.69) is 61.3 Å². The minimum absolute atomic E-state index is 0.186. The van der Waals surface area contributed by atoms with Gasteiger partial charge in [0.15, 0.2) is 0 Å². The van der Waals surface area contributed by atoms with Crippen LogP contribution in [0.1, 0.15) is 19.4 Å². The average Bonchev–Trinajstić information content (AvgIpc) is 2.33. The summed E-state index contributed by atoms with van der Waals surface area (Å²) in [5.41, 5.74) is 2.38. The van der Waals surface area contributed by atoms with Crippen LogP contribution < -0.4 is 15.0 Å². The van der Waals surface area contributed by atoms with Gasteiger partial charge in [0, 0.05) is 33.7 Å². The van der Waals surface area contributed by atoms with Crippen LogP contribution in [0.4, 0.5) is 5.69 Å². The summed E-state index contributed by atoms with van der Waals surface area (Å²) in [6.07, 6.45) is 0.186. The fourth-order valence-electron chi connectivity index (χ4n) is 1.92. The number of nitrogens with one attached hydrogen (secondary N) is 1. The number of hydrogen-bond acceptors (Lipinski definition) is 4. The first kappa shape index (κ1) is 16.8. The van der Waals surface area contributed by atoms with Crippen molar-refractivity contribution in [2.24, 2.45) is 0 Å². The smallest absolute Gasteiger partial charge is 0.143 e. The Morgan fingerprint density at radius 3 is 2.40 bits per heavy atom. The van der Waals surface area contributed by atoms with E-state index >= 15 is 0 Å². The third kappa shape index (κ3) is 5.80. The third-order valence-electron chi connectivity index (χ3n) is 2.93. The second-order valence-electron chi connectivity index (χ2n) is 5.84. The fraction of sp³-hybridized carbons (Fsp3) is 0.625. The van der Waals surface area contributed by atoms with Crippen molar-refractivity contribution in [1.82, 2.24) is 10.2 Å². The van der Waals surface area contributed by atoms with Crippen molar-refractivity contribution in [3.63, 3.8) is 0 Å². The topological polar surface area (TPSA) is 27.7 Å². The number of hydrogen-bond donors (Lipinski definition) is 1. The molecule has 0 aliphatic rings. The van der Waals surface area contributed by atoms with Crippen LogP contribution in [-0.4, -0.2) is 52.3 Å². The molecule has 1 aromatic carbocycles. The standard InChI is InChI=1S/C16H29N3O/c1-13(2)20-16-11-14(7-8-15(16)19(5)6)12-17-9-10-18(3)4/h7-8,11,13,17H,9-10,12H2,1-6H3. The summed E-state index contributed by atoms with van der Waals surface area (Å²) >= 11 is 0. The van der Waals surface area contributed by atoms with Crippen molar-refractivity contribution in [3.8, 4) is 5.75 Å². The van der Waals surface area contributed by atoms with E-state index in [0.29, 0.717) is 0 Å². The number of anilines is 1. The molecule has 0 radical (unpaired) electrons. The maximum atomic E-state index is 5.91. The molecule has 0 amide bonds. The van der Waals surface area contributed by atoms with E-state index < -0.39 is 0 Å². The van der Waals surface area contributed by atoms with E-state index in [1.807, 2.05) is 14.1 Å². The maximum absolute atomic E-state index is 5.91. The summed E-state index contributed by atoms with van der Waals surface area (Å²) in [5.74, 6) is 0.955. The molecule has 114 valence electrons. The number of nitrogens with zero attached hydrogens (tertiary/aromatic N) is 2. The van der Waals surface area contributed by atoms with E-state index in [1.54, 1.807) is 0 Å². The fourth-order valence-corrected chi connectivity index (χ4v) is 1.92.